The average molecular weight is 403 g/mol. The first-order valence-corrected chi connectivity index (χ1v) is 10.1. The van der Waals surface area contributed by atoms with Crippen LogP contribution in [0.4, 0.5) is 4.39 Å². The largest absolute Gasteiger partial charge is 0.332 e. The molecule has 0 spiro atoms. The fraction of sp³-hybridized carbons (Fsp3) is 0.364. The summed E-state index contributed by atoms with van der Waals surface area (Å²) in [6.07, 6.45) is 1.63. The molecule has 28 heavy (non-hydrogen) atoms. The van der Waals surface area contributed by atoms with Crippen molar-refractivity contribution in [1.29, 1.82) is 0 Å². The maximum atomic E-state index is 13.2. The predicted molar refractivity (Wildman–Crippen MR) is 111 cm³/mol. The van der Waals surface area contributed by atoms with Crippen LogP contribution in [-0.4, -0.2) is 34.7 Å². The molecular formula is C22H27FN2O2S. The number of thiophene rings is 1. The van der Waals surface area contributed by atoms with E-state index in [1.165, 1.54) is 17.0 Å². The third-order valence-electron chi connectivity index (χ3n) is 4.42. The molecule has 0 aliphatic rings. The molecule has 0 bridgehead atoms. The first-order chi connectivity index (χ1) is 13.3. The zero-order valence-corrected chi connectivity index (χ0v) is 17.5. The van der Waals surface area contributed by atoms with E-state index in [0.717, 1.165) is 16.0 Å². The molecule has 0 saturated heterocycles. The van der Waals surface area contributed by atoms with E-state index >= 15 is 0 Å². The van der Waals surface area contributed by atoms with Crippen LogP contribution in [0.5, 0.6) is 0 Å². The molecule has 0 N–H and O–H groups in total. The summed E-state index contributed by atoms with van der Waals surface area (Å²) in [7, 11) is 0. The lowest BCUT2D eigenvalue weighted by molar-refractivity contribution is -0.142. The smallest absolute Gasteiger partial charge is 0.242 e. The Labute approximate surface area is 170 Å². The van der Waals surface area contributed by atoms with Crippen molar-refractivity contribution in [2.24, 2.45) is 5.92 Å². The van der Waals surface area contributed by atoms with Gasteiger partial charge in [-0.1, -0.05) is 32.1 Å². The van der Waals surface area contributed by atoms with E-state index in [9.17, 15) is 14.0 Å². The van der Waals surface area contributed by atoms with Crippen molar-refractivity contribution >= 4 is 23.2 Å². The molecule has 1 aromatic carbocycles. The summed E-state index contributed by atoms with van der Waals surface area (Å²) >= 11 is 1.60. The minimum atomic E-state index is -0.310. The molecule has 0 unspecified atom stereocenters. The fourth-order valence-corrected chi connectivity index (χ4v) is 3.72. The van der Waals surface area contributed by atoms with Crippen LogP contribution in [0.2, 0.25) is 0 Å². The molecule has 1 aromatic heterocycles. The van der Waals surface area contributed by atoms with Gasteiger partial charge in [0.05, 0.1) is 6.54 Å². The predicted octanol–water partition coefficient (Wildman–Crippen LogP) is 4.40. The Balaban J connectivity index is 2.21. The molecule has 2 amide bonds. The van der Waals surface area contributed by atoms with Crippen LogP contribution < -0.4 is 0 Å². The Kier molecular flexibility index (Phi) is 7.93. The number of hydrogen-bond acceptors (Lipinski definition) is 3. The van der Waals surface area contributed by atoms with Crippen molar-refractivity contribution in [3.63, 3.8) is 0 Å². The third kappa shape index (κ3) is 6.02. The lowest BCUT2D eigenvalue weighted by Crippen LogP contribution is -2.43. The summed E-state index contributed by atoms with van der Waals surface area (Å²) in [6.45, 7) is 10.5. The van der Waals surface area contributed by atoms with Crippen LogP contribution in [0.3, 0.4) is 0 Å². The maximum Gasteiger partial charge on any atom is 0.242 e. The minimum absolute atomic E-state index is 0.00531. The fourth-order valence-electron chi connectivity index (χ4n) is 2.80. The normalized spacial score (nSPS) is 10.8. The Bertz CT molecular complexity index is 814. The van der Waals surface area contributed by atoms with Crippen LogP contribution in [0.25, 0.3) is 0 Å². The van der Waals surface area contributed by atoms with Gasteiger partial charge in [0, 0.05) is 23.9 Å². The minimum Gasteiger partial charge on any atom is -0.332 e. The van der Waals surface area contributed by atoms with Gasteiger partial charge in [-0.15, -0.1) is 17.9 Å². The van der Waals surface area contributed by atoms with Gasteiger partial charge in [0.2, 0.25) is 11.8 Å². The van der Waals surface area contributed by atoms with Crippen LogP contribution in [0.1, 0.15) is 29.9 Å². The average Bonchev–Trinajstić information content (AvgIpc) is 3.06. The van der Waals surface area contributed by atoms with Gasteiger partial charge in [-0.3, -0.25) is 9.59 Å². The van der Waals surface area contributed by atoms with Crippen molar-refractivity contribution in [3.8, 4) is 0 Å². The molecular weight excluding hydrogens is 375 g/mol. The molecule has 0 radical (unpaired) electrons. The standard InChI is InChI=1S/C22H27FN2O2S/c1-5-11-24(22(27)16(2)3)15-21(26)25(14-20-17(4)10-12-28-20)13-18-6-8-19(23)9-7-18/h5-10,12,16H,1,11,13-15H2,2-4H3. The Hall–Kier alpha value is -2.47. The van der Waals surface area contributed by atoms with E-state index in [1.807, 2.05) is 32.2 Å². The van der Waals surface area contributed by atoms with Gasteiger partial charge in [0.15, 0.2) is 0 Å². The van der Waals surface area contributed by atoms with Gasteiger partial charge in [-0.2, -0.15) is 0 Å². The number of carbonyl (C=O) groups is 2. The highest BCUT2D eigenvalue weighted by molar-refractivity contribution is 7.10. The van der Waals surface area contributed by atoms with Crippen molar-refractivity contribution < 1.29 is 14.0 Å². The summed E-state index contributed by atoms with van der Waals surface area (Å²) in [5, 5.41) is 2.00. The molecule has 0 aliphatic carbocycles. The topological polar surface area (TPSA) is 40.6 Å². The molecule has 4 nitrogen and oxygen atoms in total. The molecule has 0 fully saturated rings. The van der Waals surface area contributed by atoms with E-state index in [2.05, 4.69) is 6.58 Å². The number of aryl methyl sites for hydroxylation is 1. The van der Waals surface area contributed by atoms with Crippen LogP contribution >= 0.6 is 11.3 Å². The molecule has 2 rings (SSSR count). The van der Waals surface area contributed by atoms with E-state index in [0.29, 0.717) is 19.6 Å². The van der Waals surface area contributed by atoms with Gasteiger partial charge < -0.3 is 9.80 Å². The van der Waals surface area contributed by atoms with Gasteiger partial charge in [-0.05, 0) is 41.6 Å². The summed E-state index contributed by atoms with van der Waals surface area (Å²) < 4.78 is 13.2. The second kappa shape index (κ2) is 10.2. The highest BCUT2D eigenvalue weighted by Gasteiger charge is 2.23. The lowest BCUT2D eigenvalue weighted by Gasteiger charge is -2.28. The Morgan fingerprint density at radius 2 is 1.82 bits per heavy atom. The summed E-state index contributed by atoms with van der Waals surface area (Å²) in [4.78, 5) is 29.9. The van der Waals surface area contributed by atoms with Crippen molar-refractivity contribution in [1.82, 2.24) is 9.80 Å². The summed E-state index contributed by atoms with van der Waals surface area (Å²) in [5.74, 6) is -0.733. The molecule has 2 aromatic rings. The quantitative estimate of drug-likeness (QED) is 0.584. The number of benzene rings is 1. The van der Waals surface area contributed by atoms with Gasteiger partial charge in [-0.25, -0.2) is 4.39 Å². The Morgan fingerprint density at radius 3 is 2.36 bits per heavy atom. The number of amides is 2. The first-order valence-electron chi connectivity index (χ1n) is 9.26. The van der Waals surface area contributed by atoms with E-state index in [-0.39, 0.29) is 30.1 Å². The van der Waals surface area contributed by atoms with Gasteiger partial charge in [0.1, 0.15) is 12.4 Å². The molecule has 150 valence electrons. The number of hydrogen-bond donors (Lipinski definition) is 0. The summed E-state index contributed by atoms with van der Waals surface area (Å²) in [5.41, 5.74) is 1.97. The van der Waals surface area contributed by atoms with E-state index in [1.54, 1.807) is 34.4 Å². The third-order valence-corrected chi connectivity index (χ3v) is 5.43. The Morgan fingerprint density at radius 1 is 1.14 bits per heavy atom. The van der Waals surface area contributed by atoms with Crippen LogP contribution in [0, 0.1) is 18.7 Å². The highest BCUT2D eigenvalue weighted by Crippen LogP contribution is 2.20. The molecule has 6 heteroatoms. The number of halogens is 1. The summed E-state index contributed by atoms with van der Waals surface area (Å²) in [6, 6.07) is 8.16. The zero-order chi connectivity index (χ0) is 20.7. The SMILES string of the molecule is C=CCN(CC(=O)N(Cc1ccc(F)cc1)Cc1sccc1C)C(=O)C(C)C. The number of nitrogens with zero attached hydrogens (tertiary/aromatic N) is 2. The second-order valence-corrected chi connectivity index (χ2v) is 8.07. The highest BCUT2D eigenvalue weighted by atomic mass is 32.1. The number of carbonyl (C=O) groups excluding carboxylic acids is 2. The zero-order valence-electron chi connectivity index (χ0n) is 16.7. The van der Waals surface area contributed by atoms with Gasteiger partial charge >= 0.3 is 0 Å². The molecule has 0 atom stereocenters. The lowest BCUT2D eigenvalue weighted by atomic mass is 10.1. The van der Waals surface area contributed by atoms with Crippen LogP contribution in [-0.2, 0) is 22.7 Å². The second-order valence-electron chi connectivity index (χ2n) is 7.07. The number of rotatable bonds is 9. The molecule has 0 saturated carbocycles. The van der Waals surface area contributed by atoms with Crippen molar-refractivity contribution in [3.05, 3.63) is 70.2 Å². The monoisotopic (exact) mass is 402 g/mol. The van der Waals surface area contributed by atoms with Crippen molar-refractivity contribution in [2.45, 2.75) is 33.9 Å². The van der Waals surface area contributed by atoms with Gasteiger partial charge in [0.25, 0.3) is 0 Å². The maximum absolute atomic E-state index is 13.2. The van der Waals surface area contributed by atoms with E-state index in [4.69, 9.17) is 0 Å². The van der Waals surface area contributed by atoms with E-state index < -0.39 is 0 Å². The molecule has 0 aliphatic heterocycles. The van der Waals surface area contributed by atoms with Crippen LogP contribution in [0.15, 0.2) is 48.4 Å². The molecule has 1 heterocycles. The first kappa shape index (κ1) is 21.8. The van der Waals surface area contributed by atoms with Crippen molar-refractivity contribution in [2.75, 3.05) is 13.1 Å².